The zero-order chi connectivity index (χ0) is 19.7. The van der Waals surface area contributed by atoms with Crippen LogP contribution in [-0.4, -0.2) is 5.91 Å². The van der Waals surface area contributed by atoms with Crippen LogP contribution in [0.5, 0.6) is 5.75 Å². The number of hydrogen-bond acceptors (Lipinski definition) is 2. The molecule has 1 N–H and O–H groups in total. The van der Waals surface area contributed by atoms with E-state index in [1.54, 1.807) is 36.4 Å². The van der Waals surface area contributed by atoms with Gasteiger partial charge in [0.2, 0.25) is 0 Å². The van der Waals surface area contributed by atoms with Crippen molar-refractivity contribution >= 4 is 50.8 Å². The van der Waals surface area contributed by atoms with Crippen LogP contribution in [0, 0.1) is 5.82 Å². The van der Waals surface area contributed by atoms with Crippen molar-refractivity contribution in [2.45, 2.75) is 6.61 Å². The third-order valence-electron chi connectivity index (χ3n) is 4.37. The summed E-state index contributed by atoms with van der Waals surface area (Å²) in [6.45, 7) is 0.135. The standard InChI is InChI=1S/C22H14BrClFNO2/c23-15-4-3-14(20(25)10-15)12-28-17-6-1-13(2-7-17)9-19-18-8-5-16(24)11-21(18)26-22(19)27/h1-11H,12H2,(H,26,27)/b19-9+. The molecule has 0 aliphatic carbocycles. The van der Waals surface area contributed by atoms with Gasteiger partial charge in [-0.3, -0.25) is 4.79 Å². The summed E-state index contributed by atoms with van der Waals surface area (Å²) in [4.78, 5) is 12.2. The van der Waals surface area contributed by atoms with Crippen LogP contribution in [0.2, 0.25) is 5.02 Å². The first-order valence-electron chi connectivity index (χ1n) is 8.49. The van der Waals surface area contributed by atoms with Crippen molar-refractivity contribution in [2.75, 3.05) is 5.32 Å². The lowest BCUT2D eigenvalue weighted by atomic mass is 10.0. The minimum Gasteiger partial charge on any atom is -0.489 e. The molecule has 0 saturated carbocycles. The smallest absolute Gasteiger partial charge is 0.256 e. The predicted molar refractivity (Wildman–Crippen MR) is 113 cm³/mol. The number of halogens is 3. The molecule has 0 saturated heterocycles. The number of carbonyl (C=O) groups excluding carboxylic acids is 1. The van der Waals surface area contributed by atoms with E-state index in [4.69, 9.17) is 16.3 Å². The van der Waals surface area contributed by atoms with Gasteiger partial charge in [0, 0.05) is 26.2 Å². The van der Waals surface area contributed by atoms with Gasteiger partial charge in [-0.25, -0.2) is 4.39 Å². The van der Waals surface area contributed by atoms with E-state index in [0.29, 0.717) is 32.1 Å². The second-order valence-electron chi connectivity index (χ2n) is 6.30. The average molecular weight is 459 g/mol. The fraction of sp³-hybridized carbons (Fsp3) is 0.0455. The summed E-state index contributed by atoms with van der Waals surface area (Å²) in [5, 5.41) is 3.39. The summed E-state index contributed by atoms with van der Waals surface area (Å²) in [7, 11) is 0. The number of nitrogens with one attached hydrogen (secondary N) is 1. The van der Waals surface area contributed by atoms with Gasteiger partial charge in [0.05, 0.1) is 5.69 Å². The number of rotatable bonds is 4. The molecule has 3 aromatic rings. The molecule has 4 rings (SSSR count). The summed E-state index contributed by atoms with van der Waals surface area (Å²) in [6, 6.07) is 17.5. The van der Waals surface area contributed by atoms with Gasteiger partial charge in [-0.2, -0.15) is 0 Å². The van der Waals surface area contributed by atoms with Crippen LogP contribution in [0.25, 0.3) is 11.6 Å². The summed E-state index contributed by atoms with van der Waals surface area (Å²) in [5.74, 6) is 0.137. The van der Waals surface area contributed by atoms with Crippen molar-refractivity contribution < 1.29 is 13.9 Å². The highest BCUT2D eigenvalue weighted by Crippen LogP contribution is 2.35. The Balaban J connectivity index is 1.49. The molecule has 0 unspecified atom stereocenters. The van der Waals surface area contributed by atoms with Gasteiger partial charge >= 0.3 is 0 Å². The molecule has 1 aliphatic heterocycles. The van der Waals surface area contributed by atoms with E-state index >= 15 is 0 Å². The van der Waals surface area contributed by atoms with Crippen LogP contribution in [-0.2, 0) is 11.4 Å². The molecule has 140 valence electrons. The first kappa shape index (κ1) is 18.7. The summed E-state index contributed by atoms with van der Waals surface area (Å²) in [5.41, 5.74) is 3.44. The molecule has 6 heteroatoms. The van der Waals surface area contributed by atoms with Crippen molar-refractivity contribution in [1.82, 2.24) is 0 Å². The van der Waals surface area contributed by atoms with Crippen LogP contribution >= 0.6 is 27.5 Å². The zero-order valence-electron chi connectivity index (χ0n) is 14.5. The van der Waals surface area contributed by atoms with Gasteiger partial charge in [0.1, 0.15) is 18.2 Å². The Morgan fingerprint density at radius 2 is 1.86 bits per heavy atom. The van der Waals surface area contributed by atoms with Crippen molar-refractivity contribution in [3.05, 3.63) is 92.7 Å². The number of hydrogen-bond donors (Lipinski definition) is 1. The molecule has 0 bridgehead atoms. The van der Waals surface area contributed by atoms with Gasteiger partial charge in [-0.1, -0.05) is 51.8 Å². The summed E-state index contributed by atoms with van der Waals surface area (Å²) >= 11 is 9.21. The Morgan fingerprint density at radius 3 is 2.61 bits per heavy atom. The monoisotopic (exact) mass is 457 g/mol. The van der Waals surface area contributed by atoms with Crippen LogP contribution < -0.4 is 10.1 Å². The van der Waals surface area contributed by atoms with Crippen molar-refractivity contribution in [2.24, 2.45) is 0 Å². The molecule has 0 fully saturated rings. The summed E-state index contributed by atoms with van der Waals surface area (Å²) in [6.07, 6.45) is 1.81. The molecule has 1 amide bonds. The molecule has 28 heavy (non-hydrogen) atoms. The lowest BCUT2D eigenvalue weighted by molar-refractivity contribution is -0.110. The van der Waals surface area contributed by atoms with Gasteiger partial charge in [-0.05, 0) is 48.0 Å². The number of anilines is 1. The van der Waals surface area contributed by atoms with Crippen LogP contribution in [0.4, 0.5) is 10.1 Å². The van der Waals surface area contributed by atoms with Crippen molar-refractivity contribution in [1.29, 1.82) is 0 Å². The molecule has 0 radical (unpaired) electrons. The molecule has 0 spiro atoms. The Hall–Kier alpha value is -2.63. The Labute approximate surface area is 174 Å². The van der Waals surface area contributed by atoms with Crippen LogP contribution in [0.1, 0.15) is 16.7 Å². The highest BCUT2D eigenvalue weighted by molar-refractivity contribution is 9.10. The number of fused-ring (bicyclic) bond motifs is 1. The fourth-order valence-corrected chi connectivity index (χ4v) is 3.44. The maximum absolute atomic E-state index is 13.9. The Bertz CT molecular complexity index is 1100. The lowest BCUT2D eigenvalue weighted by Crippen LogP contribution is -2.03. The highest BCUT2D eigenvalue weighted by atomic mass is 79.9. The largest absolute Gasteiger partial charge is 0.489 e. The van der Waals surface area contributed by atoms with E-state index in [-0.39, 0.29) is 18.3 Å². The van der Waals surface area contributed by atoms with Crippen LogP contribution in [0.15, 0.2) is 65.1 Å². The fourth-order valence-electron chi connectivity index (χ4n) is 2.94. The SMILES string of the molecule is O=C1Nc2cc(Cl)ccc2/C1=C\c1ccc(OCc2ccc(Br)cc2F)cc1. The molecule has 1 heterocycles. The summed E-state index contributed by atoms with van der Waals surface area (Å²) < 4.78 is 20.2. The van der Waals surface area contributed by atoms with E-state index in [9.17, 15) is 9.18 Å². The Morgan fingerprint density at radius 1 is 1.07 bits per heavy atom. The van der Waals surface area contributed by atoms with Crippen LogP contribution in [0.3, 0.4) is 0 Å². The van der Waals surface area contributed by atoms with E-state index in [0.717, 1.165) is 11.1 Å². The minimum absolute atomic E-state index is 0.135. The maximum Gasteiger partial charge on any atom is 0.256 e. The second kappa shape index (κ2) is 7.78. The lowest BCUT2D eigenvalue weighted by Gasteiger charge is -2.08. The first-order chi connectivity index (χ1) is 13.5. The molecule has 3 aromatic carbocycles. The van der Waals surface area contributed by atoms with Crippen molar-refractivity contribution in [3.8, 4) is 5.75 Å². The zero-order valence-corrected chi connectivity index (χ0v) is 16.9. The normalized spacial score (nSPS) is 14.1. The minimum atomic E-state index is -0.318. The molecule has 3 nitrogen and oxygen atoms in total. The topological polar surface area (TPSA) is 38.3 Å². The third-order valence-corrected chi connectivity index (χ3v) is 5.09. The number of amides is 1. The second-order valence-corrected chi connectivity index (χ2v) is 7.65. The first-order valence-corrected chi connectivity index (χ1v) is 9.66. The predicted octanol–water partition coefficient (Wildman–Crippen LogP) is 6.31. The number of carbonyl (C=O) groups is 1. The van der Waals surface area contributed by atoms with E-state index in [1.165, 1.54) is 6.07 Å². The van der Waals surface area contributed by atoms with E-state index in [1.807, 2.05) is 24.3 Å². The Kier molecular flexibility index (Phi) is 5.20. The van der Waals surface area contributed by atoms with Gasteiger partial charge < -0.3 is 10.1 Å². The van der Waals surface area contributed by atoms with Gasteiger partial charge in [-0.15, -0.1) is 0 Å². The third kappa shape index (κ3) is 3.96. The molecular formula is C22H14BrClFNO2. The molecule has 0 aromatic heterocycles. The molecule has 1 aliphatic rings. The number of benzene rings is 3. The highest BCUT2D eigenvalue weighted by Gasteiger charge is 2.24. The van der Waals surface area contributed by atoms with Crippen molar-refractivity contribution in [3.63, 3.8) is 0 Å². The van der Waals surface area contributed by atoms with Gasteiger partial charge in [0.15, 0.2) is 0 Å². The average Bonchev–Trinajstić information content (AvgIpc) is 2.96. The molecule has 0 atom stereocenters. The van der Waals surface area contributed by atoms with Gasteiger partial charge in [0.25, 0.3) is 5.91 Å². The van der Waals surface area contributed by atoms with E-state index < -0.39 is 0 Å². The quantitative estimate of drug-likeness (QED) is 0.465. The molecular weight excluding hydrogens is 445 g/mol. The maximum atomic E-state index is 13.9. The number of ether oxygens (including phenoxy) is 1. The van der Waals surface area contributed by atoms with E-state index in [2.05, 4.69) is 21.2 Å².